The van der Waals surface area contributed by atoms with E-state index in [-0.39, 0.29) is 23.5 Å². The molecule has 3 N–H and O–H groups in total. The molecule has 1 fully saturated rings. The highest BCUT2D eigenvalue weighted by Crippen LogP contribution is 2.31. The van der Waals surface area contributed by atoms with Crippen LogP contribution in [0.4, 0.5) is 18.9 Å². The molecule has 0 radical (unpaired) electrons. The second-order valence-corrected chi connectivity index (χ2v) is 11.1. The summed E-state index contributed by atoms with van der Waals surface area (Å²) in [6.45, 7) is 7.06. The third-order valence-corrected chi connectivity index (χ3v) is 8.13. The SMILES string of the molecule is C[C@@H](Cc1cc(F)cc(F)c1F)Nc1cc[nH]c(=O)c1-c1nc2cc3c(cc2[nH]1)CN(CCN1CCC[C@@H]1C)C3=O. The molecule has 41 heavy (non-hydrogen) atoms. The second-order valence-electron chi connectivity index (χ2n) is 11.1. The van der Waals surface area contributed by atoms with Crippen molar-refractivity contribution in [3.05, 3.63) is 81.0 Å². The number of anilines is 1. The summed E-state index contributed by atoms with van der Waals surface area (Å²) in [6.07, 6.45) is 3.84. The molecule has 4 aromatic rings. The molecular weight excluding hydrogens is 533 g/mol. The smallest absolute Gasteiger partial charge is 0.261 e. The summed E-state index contributed by atoms with van der Waals surface area (Å²) in [6, 6.07) is 6.85. The molecule has 2 aromatic heterocycles. The third kappa shape index (κ3) is 5.21. The molecule has 2 atom stereocenters. The lowest BCUT2D eigenvalue weighted by atomic mass is 10.1. The summed E-state index contributed by atoms with van der Waals surface area (Å²) < 4.78 is 41.6. The van der Waals surface area contributed by atoms with Gasteiger partial charge in [0.25, 0.3) is 11.5 Å². The number of benzene rings is 2. The Bertz CT molecular complexity index is 1700. The molecule has 2 aliphatic rings. The van der Waals surface area contributed by atoms with E-state index in [9.17, 15) is 22.8 Å². The van der Waals surface area contributed by atoms with E-state index in [4.69, 9.17) is 0 Å². The lowest BCUT2D eigenvalue weighted by Crippen LogP contribution is -2.36. The predicted octanol–water partition coefficient (Wildman–Crippen LogP) is 4.82. The van der Waals surface area contributed by atoms with Crippen LogP contribution in [0.1, 0.15) is 48.2 Å². The minimum Gasteiger partial charge on any atom is -0.381 e. The van der Waals surface area contributed by atoms with Crippen LogP contribution in [0.5, 0.6) is 0 Å². The molecular formula is C30H31F3N6O2. The Balaban J connectivity index is 1.23. The van der Waals surface area contributed by atoms with Crippen molar-refractivity contribution in [2.75, 3.05) is 25.0 Å². The number of hydrogen-bond acceptors (Lipinski definition) is 5. The Morgan fingerprint density at radius 1 is 1.15 bits per heavy atom. The molecule has 6 rings (SSSR count). The van der Waals surface area contributed by atoms with Gasteiger partial charge in [0, 0.05) is 49.5 Å². The van der Waals surface area contributed by atoms with Crippen molar-refractivity contribution in [3.63, 3.8) is 0 Å². The van der Waals surface area contributed by atoms with E-state index < -0.39 is 29.1 Å². The topological polar surface area (TPSA) is 97.1 Å². The first-order valence-electron chi connectivity index (χ1n) is 13.9. The minimum absolute atomic E-state index is 0.0190. The van der Waals surface area contributed by atoms with Crippen LogP contribution >= 0.6 is 0 Å². The van der Waals surface area contributed by atoms with Crippen molar-refractivity contribution in [1.82, 2.24) is 24.8 Å². The first-order valence-corrected chi connectivity index (χ1v) is 13.9. The zero-order chi connectivity index (χ0) is 28.8. The van der Waals surface area contributed by atoms with E-state index in [0.29, 0.717) is 53.3 Å². The monoisotopic (exact) mass is 564 g/mol. The molecule has 2 aliphatic heterocycles. The maximum absolute atomic E-state index is 14.2. The zero-order valence-electron chi connectivity index (χ0n) is 22.9. The number of fused-ring (bicyclic) bond motifs is 2. The summed E-state index contributed by atoms with van der Waals surface area (Å²) in [5.74, 6) is -2.93. The normalized spacial score (nSPS) is 17.9. The number of amides is 1. The highest BCUT2D eigenvalue weighted by atomic mass is 19.2. The van der Waals surface area contributed by atoms with E-state index in [2.05, 4.69) is 32.1 Å². The van der Waals surface area contributed by atoms with Crippen LogP contribution in [0.2, 0.25) is 0 Å². The van der Waals surface area contributed by atoms with Crippen molar-refractivity contribution in [1.29, 1.82) is 0 Å². The summed E-state index contributed by atoms with van der Waals surface area (Å²) in [5, 5.41) is 3.15. The number of hydrogen-bond donors (Lipinski definition) is 3. The van der Waals surface area contributed by atoms with E-state index in [1.54, 1.807) is 19.1 Å². The van der Waals surface area contributed by atoms with Crippen LogP contribution in [0.15, 0.2) is 41.3 Å². The number of pyridine rings is 1. The highest BCUT2D eigenvalue weighted by molar-refractivity contribution is 6.02. The Kier molecular flexibility index (Phi) is 7.06. The molecule has 0 unspecified atom stereocenters. The summed E-state index contributed by atoms with van der Waals surface area (Å²) in [4.78, 5) is 40.9. The summed E-state index contributed by atoms with van der Waals surface area (Å²) in [5.41, 5.74) is 2.91. The van der Waals surface area contributed by atoms with Gasteiger partial charge in [-0.1, -0.05) is 0 Å². The third-order valence-electron chi connectivity index (χ3n) is 8.13. The van der Waals surface area contributed by atoms with E-state index in [1.165, 1.54) is 19.0 Å². The molecule has 11 heteroatoms. The number of carbonyl (C=O) groups excluding carboxylic acids is 1. The summed E-state index contributed by atoms with van der Waals surface area (Å²) in [7, 11) is 0. The van der Waals surface area contributed by atoms with Crippen LogP contribution in [-0.4, -0.2) is 62.4 Å². The number of likely N-dealkylation sites (tertiary alicyclic amines) is 1. The van der Waals surface area contributed by atoms with E-state index in [1.807, 2.05) is 11.0 Å². The fourth-order valence-corrected chi connectivity index (χ4v) is 5.99. The van der Waals surface area contributed by atoms with Crippen LogP contribution in [0.3, 0.4) is 0 Å². The van der Waals surface area contributed by atoms with Gasteiger partial charge in [-0.2, -0.15) is 0 Å². The zero-order valence-corrected chi connectivity index (χ0v) is 22.9. The van der Waals surface area contributed by atoms with Crippen LogP contribution in [0.25, 0.3) is 22.4 Å². The maximum Gasteiger partial charge on any atom is 0.261 e. The molecule has 0 bridgehead atoms. The second kappa shape index (κ2) is 10.7. The molecule has 0 saturated carbocycles. The number of halogens is 3. The molecule has 1 saturated heterocycles. The first kappa shape index (κ1) is 27.1. The lowest BCUT2D eigenvalue weighted by molar-refractivity contribution is 0.0756. The first-order chi connectivity index (χ1) is 19.7. The molecule has 214 valence electrons. The molecule has 8 nitrogen and oxygen atoms in total. The molecule has 2 aromatic carbocycles. The van der Waals surface area contributed by atoms with E-state index in [0.717, 1.165) is 24.7 Å². The quantitative estimate of drug-likeness (QED) is 0.267. The number of carbonyl (C=O) groups is 1. The van der Waals surface area contributed by atoms with Crippen LogP contribution in [-0.2, 0) is 13.0 Å². The maximum atomic E-state index is 14.2. The fourth-order valence-electron chi connectivity index (χ4n) is 5.99. The van der Waals surface area contributed by atoms with Gasteiger partial charge in [-0.25, -0.2) is 18.2 Å². The fraction of sp³-hybridized carbons (Fsp3) is 0.367. The standard InChI is InChI=1S/C30H31F3N6O2/c1-16(10-18-11-20(31)13-22(32)27(18)33)35-23-5-6-34-29(40)26(23)28-36-24-12-19-15-39(9-8-38-7-3-4-17(38)2)30(41)21(19)14-25(24)37-28/h5-6,11-14,16-17H,3-4,7-10,15H2,1-2H3,(H,36,37)(H2,34,35,40)/t16-,17-/m0/s1. The average Bonchev–Trinajstić information content (AvgIpc) is 3.61. The van der Waals surface area contributed by atoms with Gasteiger partial charge in [0.1, 0.15) is 17.2 Å². The highest BCUT2D eigenvalue weighted by Gasteiger charge is 2.30. The van der Waals surface area contributed by atoms with Gasteiger partial charge in [0.2, 0.25) is 0 Å². The Hall–Kier alpha value is -4.12. The number of H-pyrrole nitrogens is 2. The van der Waals surface area contributed by atoms with E-state index >= 15 is 0 Å². The molecule has 4 heterocycles. The van der Waals surface area contributed by atoms with Crippen LogP contribution < -0.4 is 10.9 Å². The van der Waals surface area contributed by atoms with Crippen LogP contribution in [0, 0.1) is 17.5 Å². The van der Waals surface area contributed by atoms with Gasteiger partial charge in [-0.3, -0.25) is 14.5 Å². The molecule has 0 aliphatic carbocycles. The molecule has 1 amide bonds. The van der Waals surface area contributed by atoms with Crippen molar-refractivity contribution in [2.45, 2.75) is 51.7 Å². The number of aromatic amines is 2. The van der Waals surface area contributed by atoms with Crippen molar-refractivity contribution in [3.8, 4) is 11.4 Å². The number of aromatic nitrogens is 3. The van der Waals surface area contributed by atoms with Gasteiger partial charge in [-0.05, 0) is 75.0 Å². The van der Waals surface area contributed by atoms with Gasteiger partial charge in [-0.15, -0.1) is 0 Å². The van der Waals surface area contributed by atoms with Crippen molar-refractivity contribution in [2.24, 2.45) is 0 Å². The van der Waals surface area contributed by atoms with Gasteiger partial charge >= 0.3 is 0 Å². The Morgan fingerprint density at radius 3 is 2.76 bits per heavy atom. The van der Waals surface area contributed by atoms with Crippen molar-refractivity contribution < 1.29 is 18.0 Å². The average molecular weight is 565 g/mol. The number of nitrogens with one attached hydrogen (secondary N) is 3. The predicted molar refractivity (Wildman–Crippen MR) is 150 cm³/mol. The summed E-state index contributed by atoms with van der Waals surface area (Å²) >= 11 is 0. The van der Waals surface area contributed by atoms with Gasteiger partial charge in [0.15, 0.2) is 11.6 Å². The minimum atomic E-state index is -1.25. The van der Waals surface area contributed by atoms with Crippen molar-refractivity contribution >= 4 is 22.6 Å². The number of rotatable bonds is 8. The molecule has 0 spiro atoms. The Morgan fingerprint density at radius 2 is 1.98 bits per heavy atom. The largest absolute Gasteiger partial charge is 0.381 e. The Labute approximate surface area is 234 Å². The number of nitrogens with zero attached hydrogens (tertiary/aromatic N) is 3. The number of imidazole rings is 1. The van der Waals surface area contributed by atoms with Gasteiger partial charge in [0.05, 0.1) is 16.7 Å². The lowest BCUT2D eigenvalue weighted by Gasteiger charge is -2.24. The van der Waals surface area contributed by atoms with Gasteiger partial charge < -0.3 is 20.2 Å².